The van der Waals surface area contributed by atoms with E-state index in [0.717, 1.165) is 13.1 Å². The maximum absolute atomic E-state index is 11.7. The fourth-order valence-corrected chi connectivity index (χ4v) is 1.57. The van der Waals surface area contributed by atoms with Crippen LogP contribution in [0.25, 0.3) is 0 Å². The van der Waals surface area contributed by atoms with Gasteiger partial charge in [-0.15, -0.1) is 0 Å². The molecule has 0 bridgehead atoms. The standard InChI is InChI=1S/C10H19NO.3BF4.K.H/c1-10(2,3)9(12)11-7-5-4-6-8-11;3*2-1(3,4)5;;/h4-8H2,1-3H3;;;;;/q;3*-1;;. The molecule has 0 aromatic heterocycles. The van der Waals surface area contributed by atoms with E-state index < -0.39 is 21.8 Å². The number of nitrogens with zero attached hydrogens (tertiary/aromatic N) is 1. The van der Waals surface area contributed by atoms with Crippen LogP contribution >= 0.6 is 0 Å². The third kappa shape index (κ3) is 50.3. The molecule has 0 aromatic carbocycles. The molecule has 1 saturated heterocycles. The van der Waals surface area contributed by atoms with Gasteiger partial charge in [-0.2, -0.15) is 0 Å². The summed E-state index contributed by atoms with van der Waals surface area (Å²) in [5, 5.41) is 0. The van der Waals surface area contributed by atoms with Gasteiger partial charge in [0.15, 0.2) is 0 Å². The Morgan fingerprint density at radius 2 is 0.857 bits per heavy atom. The number of piperidine rings is 1. The summed E-state index contributed by atoms with van der Waals surface area (Å²) in [5.74, 6) is 0.308. The molecule has 1 aliphatic rings. The number of hydrogen-bond donors (Lipinski definition) is 0. The van der Waals surface area contributed by atoms with Crippen molar-refractivity contribution in [2.24, 2.45) is 5.41 Å². The predicted molar refractivity (Wildman–Crippen MR) is 87.6 cm³/mol. The average molecular weight is 470 g/mol. The van der Waals surface area contributed by atoms with Crippen LogP contribution in [0.15, 0.2) is 0 Å². The second kappa shape index (κ2) is 15.3. The van der Waals surface area contributed by atoms with Gasteiger partial charge in [-0.3, -0.25) is 4.79 Å². The molecule has 0 saturated carbocycles. The summed E-state index contributed by atoms with van der Waals surface area (Å²) in [7, 11) is -18.0. The Hall–Kier alpha value is 0.461. The molecule has 0 aromatic rings. The minimum absolute atomic E-state index is 0. The SMILES string of the molecule is CC(C)(C)C(=O)N1CCCCC1.F[B-](F)(F)F.F[B-](F)(F)F.F[B-](F)(F)F.[KH]. The Bertz CT molecular complexity index is 358. The van der Waals surface area contributed by atoms with Crippen molar-refractivity contribution in [2.45, 2.75) is 40.0 Å². The van der Waals surface area contributed by atoms with Gasteiger partial charge < -0.3 is 56.7 Å². The van der Waals surface area contributed by atoms with Gasteiger partial charge >= 0.3 is 73.1 Å². The van der Waals surface area contributed by atoms with E-state index in [-0.39, 0.29) is 56.8 Å². The van der Waals surface area contributed by atoms with Gasteiger partial charge in [0, 0.05) is 18.5 Å². The van der Waals surface area contributed by atoms with Gasteiger partial charge in [0.1, 0.15) is 0 Å². The third-order valence-electron chi connectivity index (χ3n) is 2.28. The van der Waals surface area contributed by atoms with E-state index in [0.29, 0.717) is 5.91 Å². The Labute approximate surface area is 197 Å². The molecular weight excluding hydrogens is 450 g/mol. The summed E-state index contributed by atoms with van der Waals surface area (Å²) in [6, 6.07) is 0. The second-order valence-electron chi connectivity index (χ2n) is 6.09. The molecule has 1 rings (SSSR count). The van der Waals surface area contributed by atoms with Gasteiger partial charge in [0.2, 0.25) is 5.91 Å². The molecule has 0 N–H and O–H groups in total. The van der Waals surface area contributed by atoms with Crippen LogP contribution in [0.4, 0.5) is 51.8 Å². The van der Waals surface area contributed by atoms with Gasteiger partial charge in [0.25, 0.3) is 0 Å². The van der Waals surface area contributed by atoms with Crippen molar-refractivity contribution in [2.75, 3.05) is 13.1 Å². The number of amides is 1. The van der Waals surface area contributed by atoms with Crippen LogP contribution in [-0.2, 0) is 4.79 Å². The molecule has 0 spiro atoms. The molecule has 0 aliphatic carbocycles. The van der Waals surface area contributed by atoms with Crippen LogP contribution < -0.4 is 0 Å². The van der Waals surface area contributed by atoms with E-state index in [4.69, 9.17) is 0 Å². The first-order valence-corrected chi connectivity index (χ1v) is 7.43. The van der Waals surface area contributed by atoms with Crippen molar-refractivity contribution in [3.63, 3.8) is 0 Å². The topological polar surface area (TPSA) is 20.3 Å². The Morgan fingerprint density at radius 3 is 1.04 bits per heavy atom. The second-order valence-corrected chi connectivity index (χ2v) is 6.09. The molecular formula is C10H20B3F12KNO-3. The Balaban J connectivity index is -0.000000153. The van der Waals surface area contributed by atoms with Crippen molar-refractivity contribution in [3.8, 4) is 0 Å². The first-order chi connectivity index (χ1) is 11.5. The normalized spacial score (nSPS) is 14.8. The molecule has 0 atom stereocenters. The molecule has 0 radical (unpaired) electrons. The van der Waals surface area contributed by atoms with Crippen LogP contribution in [0.3, 0.4) is 0 Å². The Morgan fingerprint density at radius 1 is 0.643 bits per heavy atom. The molecule has 1 amide bonds. The summed E-state index contributed by atoms with van der Waals surface area (Å²) in [6.45, 7) is 7.91. The van der Waals surface area contributed by atoms with Crippen molar-refractivity contribution >= 4 is 79.1 Å². The molecule has 28 heavy (non-hydrogen) atoms. The molecule has 168 valence electrons. The summed E-state index contributed by atoms with van der Waals surface area (Å²) < 4.78 is 117. The zero-order valence-corrected chi connectivity index (χ0v) is 14.7. The van der Waals surface area contributed by atoms with Gasteiger partial charge in [-0.1, -0.05) is 20.8 Å². The van der Waals surface area contributed by atoms with Crippen molar-refractivity contribution < 1.29 is 56.6 Å². The predicted octanol–water partition coefficient (Wildman–Crippen LogP) is 5.30. The Kier molecular flexibility index (Phi) is 19.6. The van der Waals surface area contributed by atoms with Gasteiger partial charge in [-0.25, -0.2) is 0 Å². The van der Waals surface area contributed by atoms with Gasteiger partial charge in [0.05, 0.1) is 0 Å². The molecule has 2 nitrogen and oxygen atoms in total. The summed E-state index contributed by atoms with van der Waals surface area (Å²) in [5.41, 5.74) is -0.197. The van der Waals surface area contributed by atoms with E-state index in [9.17, 15) is 56.6 Å². The molecule has 1 aliphatic heterocycles. The maximum atomic E-state index is 11.7. The van der Waals surface area contributed by atoms with Crippen molar-refractivity contribution in [1.29, 1.82) is 0 Å². The first-order valence-electron chi connectivity index (χ1n) is 7.43. The molecule has 1 fully saturated rings. The molecule has 18 heteroatoms. The third-order valence-corrected chi connectivity index (χ3v) is 2.28. The molecule has 0 unspecified atom stereocenters. The summed E-state index contributed by atoms with van der Waals surface area (Å²) in [6.07, 6.45) is 3.65. The van der Waals surface area contributed by atoms with Crippen LogP contribution in [-0.4, -0.2) is 97.0 Å². The number of carbonyl (C=O) groups is 1. The summed E-state index contributed by atoms with van der Waals surface area (Å²) >= 11 is 0. The van der Waals surface area contributed by atoms with Crippen molar-refractivity contribution in [3.05, 3.63) is 0 Å². The van der Waals surface area contributed by atoms with Crippen LogP contribution in [0.2, 0.25) is 0 Å². The van der Waals surface area contributed by atoms with Crippen LogP contribution in [0, 0.1) is 5.41 Å². The zero-order valence-electron chi connectivity index (χ0n) is 14.7. The van der Waals surface area contributed by atoms with Crippen LogP contribution in [0.1, 0.15) is 40.0 Å². The number of likely N-dealkylation sites (tertiary alicyclic amines) is 1. The fourth-order valence-electron chi connectivity index (χ4n) is 1.57. The monoisotopic (exact) mass is 470 g/mol. The fraction of sp³-hybridized carbons (Fsp3) is 0.900. The number of carbonyl (C=O) groups excluding carboxylic acids is 1. The molecule has 1 heterocycles. The van der Waals surface area contributed by atoms with Crippen molar-refractivity contribution in [1.82, 2.24) is 4.90 Å². The number of hydrogen-bond acceptors (Lipinski definition) is 1. The zero-order chi connectivity index (χ0) is 22.7. The van der Waals surface area contributed by atoms with E-state index in [2.05, 4.69) is 0 Å². The first kappa shape index (κ1) is 35.9. The number of rotatable bonds is 0. The van der Waals surface area contributed by atoms with Gasteiger partial charge in [-0.05, 0) is 19.3 Å². The quantitative estimate of drug-likeness (QED) is 0.348. The minimum atomic E-state index is -6.00. The van der Waals surface area contributed by atoms with E-state index in [1.165, 1.54) is 19.3 Å². The van der Waals surface area contributed by atoms with Crippen LogP contribution in [0.5, 0.6) is 0 Å². The van der Waals surface area contributed by atoms with E-state index in [1.54, 1.807) is 0 Å². The number of halogens is 12. The van der Waals surface area contributed by atoms with E-state index in [1.807, 2.05) is 25.7 Å². The summed E-state index contributed by atoms with van der Waals surface area (Å²) in [4.78, 5) is 13.7. The average Bonchev–Trinajstić information content (AvgIpc) is 2.31. The van der Waals surface area contributed by atoms with E-state index >= 15 is 0 Å².